The van der Waals surface area contributed by atoms with E-state index >= 15 is 0 Å². The van der Waals surface area contributed by atoms with Gasteiger partial charge in [0, 0.05) is 12.6 Å². The van der Waals surface area contributed by atoms with E-state index in [1.807, 2.05) is 50.9 Å². The zero-order chi connectivity index (χ0) is 15.6. The fraction of sp³-hybridized carbons (Fsp3) is 0.467. The second-order valence-corrected chi connectivity index (χ2v) is 6.97. The van der Waals surface area contributed by atoms with Gasteiger partial charge in [-0.2, -0.15) is 0 Å². The molecular weight excluding hydrogens is 286 g/mol. The van der Waals surface area contributed by atoms with Crippen molar-refractivity contribution in [1.82, 2.24) is 10.3 Å². The molecule has 0 spiro atoms. The summed E-state index contributed by atoms with van der Waals surface area (Å²) in [5.41, 5.74) is 0.609. The summed E-state index contributed by atoms with van der Waals surface area (Å²) in [4.78, 5) is 18.4. The SMILES string of the molecule is COc1cccc2sc(N(C)CC(=O)NC(C)(C)C)nc12. The Hall–Kier alpha value is -1.82. The molecule has 1 aromatic heterocycles. The summed E-state index contributed by atoms with van der Waals surface area (Å²) in [6, 6.07) is 5.83. The van der Waals surface area contributed by atoms with Crippen LogP contribution in [-0.4, -0.2) is 37.1 Å². The van der Waals surface area contributed by atoms with Gasteiger partial charge < -0.3 is 15.0 Å². The van der Waals surface area contributed by atoms with Crippen molar-refractivity contribution in [2.45, 2.75) is 26.3 Å². The van der Waals surface area contributed by atoms with Gasteiger partial charge in [0.05, 0.1) is 18.4 Å². The third-order valence-electron chi connectivity index (χ3n) is 2.81. The number of carbonyl (C=O) groups excluding carboxylic acids is 1. The molecule has 0 radical (unpaired) electrons. The summed E-state index contributed by atoms with van der Waals surface area (Å²) >= 11 is 1.55. The molecule has 0 fully saturated rings. The van der Waals surface area contributed by atoms with Crippen LogP contribution in [0.25, 0.3) is 10.2 Å². The van der Waals surface area contributed by atoms with E-state index in [2.05, 4.69) is 10.3 Å². The lowest BCUT2D eigenvalue weighted by molar-refractivity contribution is -0.121. The lowest BCUT2D eigenvalue weighted by atomic mass is 10.1. The van der Waals surface area contributed by atoms with Crippen LogP contribution in [0.2, 0.25) is 0 Å². The number of methoxy groups -OCH3 is 1. The van der Waals surface area contributed by atoms with E-state index in [0.717, 1.165) is 21.1 Å². The van der Waals surface area contributed by atoms with Crippen LogP contribution in [0.15, 0.2) is 18.2 Å². The highest BCUT2D eigenvalue weighted by Gasteiger charge is 2.17. The Bertz CT molecular complexity index is 646. The van der Waals surface area contributed by atoms with Gasteiger partial charge in [0.2, 0.25) is 5.91 Å². The smallest absolute Gasteiger partial charge is 0.239 e. The van der Waals surface area contributed by atoms with Crippen LogP contribution in [0.4, 0.5) is 5.13 Å². The number of nitrogens with one attached hydrogen (secondary N) is 1. The molecule has 0 bridgehead atoms. The molecule has 114 valence electrons. The van der Waals surface area contributed by atoms with Crippen LogP contribution < -0.4 is 15.0 Å². The second kappa shape index (κ2) is 5.89. The summed E-state index contributed by atoms with van der Waals surface area (Å²) in [5, 5.41) is 3.75. The van der Waals surface area contributed by atoms with Gasteiger partial charge in [0.15, 0.2) is 5.13 Å². The molecule has 1 aromatic carbocycles. The number of ether oxygens (including phenoxy) is 1. The molecule has 1 N–H and O–H groups in total. The van der Waals surface area contributed by atoms with Gasteiger partial charge in [0.25, 0.3) is 0 Å². The number of nitrogens with zero attached hydrogens (tertiary/aromatic N) is 2. The van der Waals surface area contributed by atoms with Crippen LogP contribution in [-0.2, 0) is 4.79 Å². The first-order valence-electron chi connectivity index (χ1n) is 6.76. The van der Waals surface area contributed by atoms with Crippen molar-refractivity contribution in [2.75, 3.05) is 25.6 Å². The molecule has 1 amide bonds. The standard InChI is InChI=1S/C15H21N3O2S/c1-15(2,3)17-12(19)9-18(4)14-16-13-10(20-5)7-6-8-11(13)21-14/h6-8H,9H2,1-5H3,(H,17,19). The summed E-state index contributed by atoms with van der Waals surface area (Å²) in [6.45, 7) is 6.17. The Kier molecular flexibility index (Phi) is 4.37. The third-order valence-corrected chi connectivity index (χ3v) is 3.95. The lowest BCUT2D eigenvalue weighted by Crippen LogP contribution is -2.45. The van der Waals surface area contributed by atoms with Gasteiger partial charge in [-0.1, -0.05) is 17.4 Å². The lowest BCUT2D eigenvalue weighted by Gasteiger charge is -2.23. The van der Waals surface area contributed by atoms with Crippen molar-refractivity contribution >= 4 is 32.6 Å². The van der Waals surface area contributed by atoms with Gasteiger partial charge >= 0.3 is 0 Å². The quantitative estimate of drug-likeness (QED) is 0.943. The minimum Gasteiger partial charge on any atom is -0.494 e. The number of aromatic nitrogens is 1. The molecule has 1 heterocycles. The van der Waals surface area contributed by atoms with Gasteiger partial charge in [-0.15, -0.1) is 0 Å². The Labute approximate surface area is 128 Å². The van der Waals surface area contributed by atoms with E-state index in [1.54, 1.807) is 18.4 Å². The Morgan fingerprint density at radius 3 is 2.76 bits per heavy atom. The maximum absolute atomic E-state index is 12.0. The number of fused-ring (bicyclic) bond motifs is 1. The number of hydrogen-bond donors (Lipinski definition) is 1. The maximum atomic E-state index is 12.0. The highest BCUT2D eigenvalue weighted by atomic mass is 32.1. The van der Waals surface area contributed by atoms with Crippen LogP contribution in [0.5, 0.6) is 5.75 Å². The first kappa shape index (κ1) is 15.6. The normalized spacial score (nSPS) is 11.5. The van der Waals surface area contributed by atoms with E-state index in [9.17, 15) is 4.79 Å². The molecule has 0 saturated carbocycles. The molecule has 2 aromatic rings. The molecule has 0 aliphatic carbocycles. The van der Waals surface area contributed by atoms with Gasteiger partial charge in [-0.25, -0.2) is 4.98 Å². The van der Waals surface area contributed by atoms with E-state index in [4.69, 9.17) is 4.74 Å². The molecule has 6 heteroatoms. The molecule has 21 heavy (non-hydrogen) atoms. The topological polar surface area (TPSA) is 54.5 Å². The molecule has 0 unspecified atom stereocenters. The van der Waals surface area contributed by atoms with Crippen LogP contribution in [0, 0.1) is 0 Å². The van der Waals surface area contributed by atoms with Crippen molar-refractivity contribution in [3.8, 4) is 5.75 Å². The fourth-order valence-corrected chi connectivity index (χ4v) is 2.92. The average molecular weight is 307 g/mol. The van der Waals surface area contributed by atoms with Crippen LogP contribution in [0.1, 0.15) is 20.8 Å². The molecule has 0 aliphatic rings. The second-order valence-electron chi connectivity index (χ2n) is 5.96. The zero-order valence-corrected chi connectivity index (χ0v) is 13.9. The summed E-state index contributed by atoms with van der Waals surface area (Å²) < 4.78 is 6.36. The summed E-state index contributed by atoms with van der Waals surface area (Å²) in [5.74, 6) is 0.735. The van der Waals surface area contributed by atoms with Crippen molar-refractivity contribution in [2.24, 2.45) is 0 Å². The molecule has 5 nitrogen and oxygen atoms in total. The number of rotatable bonds is 4. The van der Waals surface area contributed by atoms with Gasteiger partial charge in [0.1, 0.15) is 11.3 Å². The average Bonchev–Trinajstić information content (AvgIpc) is 2.79. The number of benzene rings is 1. The third kappa shape index (κ3) is 3.85. The highest BCUT2D eigenvalue weighted by molar-refractivity contribution is 7.22. The van der Waals surface area contributed by atoms with Crippen LogP contribution >= 0.6 is 11.3 Å². The Morgan fingerprint density at radius 2 is 2.14 bits per heavy atom. The maximum Gasteiger partial charge on any atom is 0.239 e. The predicted octanol–water partition coefficient (Wildman–Crippen LogP) is 2.66. The minimum absolute atomic E-state index is 0.0174. The number of thiazole rings is 1. The minimum atomic E-state index is -0.227. The van der Waals surface area contributed by atoms with Crippen molar-refractivity contribution in [3.63, 3.8) is 0 Å². The van der Waals surface area contributed by atoms with E-state index in [0.29, 0.717) is 0 Å². The number of para-hydroxylation sites is 1. The Morgan fingerprint density at radius 1 is 1.43 bits per heavy atom. The summed E-state index contributed by atoms with van der Waals surface area (Å²) in [6.07, 6.45) is 0. The molecule has 0 aliphatic heterocycles. The number of amides is 1. The van der Waals surface area contributed by atoms with E-state index in [-0.39, 0.29) is 18.0 Å². The number of anilines is 1. The molecule has 0 saturated heterocycles. The van der Waals surface area contributed by atoms with Gasteiger partial charge in [-0.05, 0) is 32.9 Å². The highest BCUT2D eigenvalue weighted by Crippen LogP contribution is 2.33. The number of likely N-dealkylation sites (N-methyl/N-ethyl adjacent to an activating group) is 1. The van der Waals surface area contributed by atoms with Gasteiger partial charge in [-0.3, -0.25) is 4.79 Å². The molecule has 2 rings (SSSR count). The number of carbonyl (C=O) groups is 1. The van der Waals surface area contributed by atoms with Crippen molar-refractivity contribution in [3.05, 3.63) is 18.2 Å². The van der Waals surface area contributed by atoms with E-state index in [1.165, 1.54) is 0 Å². The molecular formula is C15H21N3O2S. The van der Waals surface area contributed by atoms with E-state index < -0.39 is 0 Å². The van der Waals surface area contributed by atoms with Crippen LogP contribution in [0.3, 0.4) is 0 Å². The fourth-order valence-electron chi connectivity index (χ4n) is 1.98. The zero-order valence-electron chi connectivity index (χ0n) is 13.1. The summed E-state index contributed by atoms with van der Waals surface area (Å²) in [7, 11) is 3.50. The number of hydrogen-bond acceptors (Lipinski definition) is 5. The largest absolute Gasteiger partial charge is 0.494 e. The van der Waals surface area contributed by atoms with Crippen molar-refractivity contribution in [1.29, 1.82) is 0 Å². The molecule has 0 atom stereocenters. The first-order valence-corrected chi connectivity index (χ1v) is 7.57. The predicted molar refractivity (Wildman–Crippen MR) is 87.3 cm³/mol. The first-order chi connectivity index (χ1) is 9.80. The monoisotopic (exact) mass is 307 g/mol. The van der Waals surface area contributed by atoms with Crippen molar-refractivity contribution < 1.29 is 9.53 Å². The Balaban J connectivity index is 2.16.